The first kappa shape index (κ1) is 20.0. The van der Waals surface area contributed by atoms with Gasteiger partial charge in [-0.25, -0.2) is 22.7 Å². The van der Waals surface area contributed by atoms with Gasteiger partial charge >= 0.3 is 0 Å². The van der Waals surface area contributed by atoms with Gasteiger partial charge in [0, 0.05) is 43.9 Å². The van der Waals surface area contributed by atoms with Gasteiger partial charge in [0.15, 0.2) is 0 Å². The number of sulfonamides is 1. The fourth-order valence-corrected chi connectivity index (χ4v) is 4.61. The van der Waals surface area contributed by atoms with Crippen LogP contribution in [0.5, 0.6) is 0 Å². The molecule has 9 heteroatoms. The number of nitrogens with zero attached hydrogens (tertiary/aromatic N) is 4. The predicted octanol–water partition coefficient (Wildman–Crippen LogP) is 1.06. The largest absolute Gasteiger partial charge is 0.357 e. The number of hydrogen-bond donors (Lipinski definition) is 1. The molecule has 0 unspecified atom stereocenters. The number of carbonyl (C=O) groups excluding carboxylic acids is 1. The van der Waals surface area contributed by atoms with Gasteiger partial charge in [-0.1, -0.05) is 0 Å². The number of piperidine rings is 2. The molecule has 0 radical (unpaired) electrons. The van der Waals surface area contributed by atoms with Crippen molar-refractivity contribution in [1.82, 2.24) is 19.6 Å². The van der Waals surface area contributed by atoms with Crippen molar-refractivity contribution in [3.05, 3.63) is 17.6 Å². The van der Waals surface area contributed by atoms with E-state index in [1.165, 1.54) is 29.8 Å². The molecular weight excluding hydrogens is 366 g/mol. The molecule has 150 valence electrons. The summed E-state index contributed by atoms with van der Waals surface area (Å²) < 4.78 is 24.6. The minimum atomic E-state index is -3.17. The monoisotopic (exact) mass is 395 g/mol. The molecule has 1 amide bonds. The minimum absolute atomic E-state index is 0.0484. The van der Waals surface area contributed by atoms with Gasteiger partial charge in [-0.15, -0.1) is 0 Å². The van der Waals surface area contributed by atoms with Gasteiger partial charge in [0.25, 0.3) is 0 Å². The highest BCUT2D eigenvalue weighted by atomic mass is 32.2. The fraction of sp³-hybridized carbons (Fsp3) is 0.722. The number of aryl methyl sites for hydroxylation is 1. The zero-order valence-corrected chi connectivity index (χ0v) is 17.0. The molecule has 1 aromatic rings. The Bertz CT molecular complexity index is 769. The minimum Gasteiger partial charge on any atom is -0.357 e. The lowest BCUT2D eigenvalue weighted by atomic mass is 9.97. The lowest BCUT2D eigenvalue weighted by molar-refractivity contribution is -0.126. The summed E-state index contributed by atoms with van der Waals surface area (Å²) in [6.07, 6.45) is 5.94. The Balaban J connectivity index is 1.55. The maximum atomic E-state index is 12.5. The van der Waals surface area contributed by atoms with Crippen LogP contribution in [0.2, 0.25) is 0 Å². The average molecular weight is 396 g/mol. The molecule has 2 aliphatic rings. The van der Waals surface area contributed by atoms with E-state index in [1.807, 2.05) is 13.0 Å². The van der Waals surface area contributed by atoms with Gasteiger partial charge in [-0.05, 0) is 39.0 Å². The molecule has 0 saturated carbocycles. The molecule has 0 aliphatic carbocycles. The number of nitrogens with one attached hydrogen (secondary N) is 1. The van der Waals surface area contributed by atoms with Crippen LogP contribution in [0.3, 0.4) is 0 Å². The van der Waals surface area contributed by atoms with Crippen LogP contribution in [0.4, 0.5) is 5.82 Å². The summed E-state index contributed by atoms with van der Waals surface area (Å²) in [6.45, 7) is 5.07. The number of carbonyl (C=O) groups is 1. The zero-order valence-electron chi connectivity index (χ0n) is 16.1. The van der Waals surface area contributed by atoms with E-state index in [4.69, 9.17) is 0 Å². The molecule has 2 aliphatic heterocycles. The van der Waals surface area contributed by atoms with Crippen molar-refractivity contribution in [2.45, 2.75) is 45.6 Å². The third kappa shape index (κ3) is 5.38. The SMILES string of the molecule is Cc1cc(N2CCCCC2)nc(CNC(=O)C2CCN(S(C)(=O)=O)CC2)n1. The molecule has 27 heavy (non-hydrogen) atoms. The van der Waals surface area contributed by atoms with Crippen molar-refractivity contribution in [1.29, 1.82) is 0 Å². The van der Waals surface area contributed by atoms with Gasteiger partial charge in [0.05, 0.1) is 12.8 Å². The molecule has 3 rings (SSSR count). The summed E-state index contributed by atoms with van der Waals surface area (Å²) in [7, 11) is -3.17. The summed E-state index contributed by atoms with van der Waals surface area (Å²) in [5.41, 5.74) is 0.899. The molecule has 8 nitrogen and oxygen atoms in total. The molecule has 0 spiro atoms. The van der Waals surface area contributed by atoms with E-state index in [9.17, 15) is 13.2 Å². The number of aromatic nitrogens is 2. The van der Waals surface area contributed by atoms with Crippen molar-refractivity contribution in [2.24, 2.45) is 5.92 Å². The van der Waals surface area contributed by atoms with Gasteiger partial charge in [-0.2, -0.15) is 0 Å². The maximum Gasteiger partial charge on any atom is 0.223 e. The van der Waals surface area contributed by atoms with Crippen molar-refractivity contribution in [3.8, 4) is 0 Å². The van der Waals surface area contributed by atoms with E-state index in [2.05, 4.69) is 20.2 Å². The first-order valence-electron chi connectivity index (χ1n) is 9.65. The Labute approximate surface area is 161 Å². The number of anilines is 1. The van der Waals surface area contributed by atoms with Crippen LogP contribution in [0.15, 0.2) is 6.07 Å². The van der Waals surface area contributed by atoms with Gasteiger partial charge < -0.3 is 10.2 Å². The van der Waals surface area contributed by atoms with Crippen LogP contribution in [0.1, 0.15) is 43.6 Å². The van der Waals surface area contributed by atoms with Gasteiger partial charge in [0.1, 0.15) is 11.6 Å². The smallest absolute Gasteiger partial charge is 0.223 e. The first-order valence-corrected chi connectivity index (χ1v) is 11.5. The first-order chi connectivity index (χ1) is 12.8. The third-order valence-corrected chi connectivity index (χ3v) is 6.58. The van der Waals surface area contributed by atoms with Crippen LogP contribution in [0.25, 0.3) is 0 Å². The molecule has 0 aromatic carbocycles. The van der Waals surface area contributed by atoms with Crippen LogP contribution >= 0.6 is 0 Å². The quantitative estimate of drug-likeness (QED) is 0.801. The normalized spacial score (nSPS) is 19.9. The summed E-state index contributed by atoms with van der Waals surface area (Å²) in [6, 6.07) is 2.00. The van der Waals surface area contributed by atoms with Crippen LogP contribution < -0.4 is 10.2 Å². The Hall–Kier alpha value is -1.74. The highest BCUT2D eigenvalue weighted by Crippen LogP contribution is 2.20. The van der Waals surface area contributed by atoms with Crippen molar-refractivity contribution in [3.63, 3.8) is 0 Å². The predicted molar refractivity (Wildman–Crippen MR) is 104 cm³/mol. The fourth-order valence-electron chi connectivity index (χ4n) is 3.74. The van der Waals surface area contributed by atoms with Crippen LogP contribution in [-0.2, 0) is 21.4 Å². The van der Waals surface area contributed by atoms with E-state index >= 15 is 0 Å². The standard InChI is InChI=1S/C18H29N5O3S/c1-14-12-17(22-8-4-3-5-9-22)21-16(20-14)13-19-18(24)15-6-10-23(11-7-15)27(2,25)26/h12,15H,3-11,13H2,1-2H3,(H,19,24). The summed E-state index contributed by atoms with van der Waals surface area (Å²) in [5, 5.41) is 2.93. The average Bonchev–Trinajstić information content (AvgIpc) is 2.66. The van der Waals surface area contributed by atoms with E-state index in [-0.39, 0.29) is 11.8 Å². The van der Waals surface area contributed by atoms with E-state index in [1.54, 1.807) is 0 Å². The number of amides is 1. The Morgan fingerprint density at radius 1 is 1.15 bits per heavy atom. The lowest BCUT2D eigenvalue weighted by Gasteiger charge is -2.29. The lowest BCUT2D eigenvalue weighted by Crippen LogP contribution is -2.42. The van der Waals surface area contributed by atoms with Crippen molar-refractivity contribution < 1.29 is 13.2 Å². The zero-order chi connectivity index (χ0) is 19.4. The Kier molecular flexibility index (Phi) is 6.31. The van der Waals surface area contributed by atoms with E-state index < -0.39 is 10.0 Å². The van der Waals surface area contributed by atoms with E-state index in [0.29, 0.717) is 38.3 Å². The Morgan fingerprint density at radius 2 is 1.81 bits per heavy atom. The van der Waals surface area contributed by atoms with Gasteiger partial charge in [-0.3, -0.25) is 4.79 Å². The highest BCUT2D eigenvalue weighted by molar-refractivity contribution is 7.88. The second-order valence-corrected chi connectivity index (χ2v) is 9.47. The maximum absolute atomic E-state index is 12.5. The van der Waals surface area contributed by atoms with Crippen LogP contribution in [-0.4, -0.2) is 61.0 Å². The molecule has 3 heterocycles. The van der Waals surface area contributed by atoms with Gasteiger partial charge in [0.2, 0.25) is 15.9 Å². The second kappa shape index (κ2) is 8.52. The molecule has 2 fully saturated rings. The molecule has 1 N–H and O–H groups in total. The molecule has 1 aromatic heterocycles. The molecule has 0 bridgehead atoms. The van der Waals surface area contributed by atoms with Crippen molar-refractivity contribution >= 4 is 21.7 Å². The van der Waals surface area contributed by atoms with E-state index in [0.717, 1.165) is 24.6 Å². The highest BCUT2D eigenvalue weighted by Gasteiger charge is 2.28. The second-order valence-electron chi connectivity index (χ2n) is 7.49. The number of hydrogen-bond acceptors (Lipinski definition) is 6. The summed E-state index contributed by atoms with van der Waals surface area (Å²) >= 11 is 0. The summed E-state index contributed by atoms with van der Waals surface area (Å²) in [5.74, 6) is 1.35. The number of rotatable bonds is 5. The molecule has 2 saturated heterocycles. The van der Waals surface area contributed by atoms with Crippen LogP contribution in [0, 0.1) is 12.8 Å². The topological polar surface area (TPSA) is 95.5 Å². The Morgan fingerprint density at radius 3 is 2.44 bits per heavy atom. The third-order valence-electron chi connectivity index (χ3n) is 5.28. The van der Waals surface area contributed by atoms with Crippen molar-refractivity contribution in [2.75, 3.05) is 37.3 Å². The summed E-state index contributed by atoms with van der Waals surface area (Å²) in [4.78, 5) is 23.8. The molecule has 0 atom stereocenters. The molecular formula is C18H29N5O3S.